The minimum Gasteiger partial charge on any atom is -0.459 e. The molecule has 0 unspecified atom stereocenters. The Morgan fingerprint density at radius 1 is 1.03 bits per heavy atom. The van der Waals surface area contributed by atoms with Gasteiger partial charge in [0.1, 0.15) is 12.4 Å². The van der Waals surface area contributed by atoms with Crippen LogP contribution in [-0.4, -0.2) is 21.4 Å². The third-order valence-electron chi connectivity index (χ3n) is 4.83. The van der Waals surface area contributed by atoms with E-state index in [0.29, 0.717) is 5.82 Å². The van der Waals surface area contributed by atoms with Crippen LogP contribution < -0.4 is 10.6 Å². The number of furan rings is 1. The van der Waals surface area contributed by atoms with Gasteiger partial charge in [-0.25, -0.2) is 4.98 Å². The van der Waals surface area contributed by atoms with Gasteiger partial charge in [-0.05, 0) is 48.4 Å². The SMILES string of the molecule is CCc1ccc(NC(=O)Cn2c(CNC(=O)c3ccco3)nc3ccccc32)cc1. The Hall–Kier alpha value is -3.87. The number of benzene rings is 2. The molecule has 0 aliphatic carbocycles. The van der Waals surface area contributed by atoms with E-state index in [9.17, 15) is 9.59 Å². The molecule has 0 aliphatic rings. The van der Waals surface area contributed by atoms with E-state index in [1.54, 1.807) is 12.1 Å². The van der Waals surface area contributed by atoms with E-state index in [1.165, 1.54) is 11.8 Å². The fraction of sp³-hybridized carbons (Fsp3) is 0.174. The van der Waals surface area contributed by atoms with Gasteiger partial charge >= 0.3 is 0 Å². The molecule has 2 aromatic carbocycles. The number of amides is 2. The first kappa shape index (κ1) is 19.4. The first-order valence-electron chi connectivity index (χ1n) is 9.78. The van der Waals surface area contributed by atoms with Crippen LogP contribution in [0.2, 0.25) is 0 Å². The first-order chi connectivity index (χ1) is 14.6. The van der Waals surface area contributed by atoms with Crippen LogP contribution >= 0.6 is 0 Å². The highest BCUT2D eigenvalue weighted by molar-refractivity contribution is 5.92. The zero-order valence-corrected chi connectivity index (χ0v) is 16.6. The third-order valence-corrected chi connectivity index (χ3v) is 4.83. The molecule has 0 saturated carbocycles. The molecule has 0 radical (unpaired) electrons. The molecular weight excluding hydrogens is 380 g/mol. The second-order valence-corrected chi connectivity index (χ2v) is 6.86. The second kappa shape index (κ2) is 8.65. The van der Waals surface area contributed by atoms with E-state index in [1.807, 2.05) is 53.1 Å². The highest BCUT2D eigenvalue weighted by Gasteiger charge is 2.16. The van der Waals surface area contributed by atoms with Crippen LogP contribution in [0.4, 0.5) is 5.69 Å². The monoisotopic (exact) mass is 402 g/mol. The predicted molar refractivity (Wildman–Crippen MR) is 114 cm³/mol. The summed E-state index contributed by atoms with van der Waals surface area (Å²) in [4.78, 5) is 29.5. The van der Waals surface area contributed by atoms with Gasteiger partial charge in [-0.3, -0.25) is 9.59 Å². The summed E-state index contributed by atoms with van der Waals surface area (Å²) in [5.74, 6) is 0.318. The van der Waals surface area contributed by atoms with Gasteiger partial charge in [0.2, 0.25) is 5.91 Å². The van der Waals surface area contributed by atoms with Crippen molar-refractivity contribution in [2.24, 2.45) is 0 Å². The Morgan fingerprint density at radius 2 is 1.83 bits per heavy atom. The van der Waals surface area contributed by atoms with Crippen molar-refractivity contribution in [3.63, 3.8) is 0 Å². The summed E-state index contributed by atoms with van der Waals surface area (Å²) < 4.78 is 6.93. The topological polar surface area (TPSA) is 89.2 Å². The summed E-state index contributed by atoms with van der Waals surface area (Å²) in [7, 11) is 0. The van der Waals surface area contributed by atoms with Crippen molar-refractivity contribution in [3.05, 3.63) is 84.1 Å². The van der Waals surface area contributed by atoms with Crippen molar-refractivity contribution in [2.75, 3.05) is 5.32 Å². The van der Waals surface area contributed by atoms with Gasteiger partial charge in [-0.2, -0.15) is 0 Å². The lowest BCUT2D eigenvalue weighted by atomic mass is 10.1. The molecule has 4 aromatic rings. The number of aromatic nitrogens is 2. The minimum atomic E-state index is -0.334. The van der Waals surface area contributed by atoms with Crippen LogP contribution in [-0.2, 0) is 24.3 Å². The number of carbonyl (C=O) groups is 2. The molecule has 2 amide bonds. The number of rotatable bonds is 7. The maximum absolute atomic E-state index is 12.7. The lowest BCUT2D eigenvalue weighted by molar-refractivity contribution is -0.116. The largest absolute Gasteiger partial charge is 0.459 e. The highest BCUT2D eigenvalue weighted by atomic mass is 16.3. The third kappa shape index (κ3) is 4.25. The van der Waals surface area contributed by atoms with Crippen molar-refractivity contribution in [3.8, 4) is 0 Å². The Labute approximate surface area is 173 Å². The van der Waals surface area contributed by atoms with Crippen molar-refractivity contribution >= 4 is 28.5 Å². The van der Waals surface area contributed by atoms with Gasteiger partial charge in [-0.1, -0.05) is 31.2 Å². The van der Waals surface area contributed by atoms with Crippen molar-refractivity contribution in [2.45, 2.75) is 26.4 Å². The number of hydrogen-bond donors (Lipinski definition) is 2. The summed E-state index contributed by atoms with van der Waals surface area (Å²) in [6.45, 7) is 2.35. The van der Waals surface area contributed by atoms with E-state index < -0.39 is 0 Å². The minimum absolute atomic E-state index is 0.0853. The number of carbonyl (C=O) groups excluding carboxylic acids is 2. The van der Waals surface area contributed by atoms with Gasteiger partial charge in [0.25, 0.3) is 5.91 Å². The molecule has 2 aromatic heterocycles. The molecule has 4 rings (SSSR count). The Balaban J connectivity index is 1.52. The number of para-hydroxylation sites is 2. The molecular formula is C23H22N4O3. The van der Waals surface area contributed by atoms with E-state index in [-0.39, 0.29) is 30.7 Å². The average Bonchev–Trinajstić information content (AvgIpc) is 3.41. The van der Waals surface area contributed by atoms with Crippen LogP contribution in [0.5, 0.6) is 0 Å². The fourth-order valence-electron chi connectivity index (χ4n) is 3.26. The van der Waals surface area contributed by atoms with E-state index >= 15 is 0 Å². The molecule has 0 saturated heterocycles. The number of fused-ring (bicyclic) bond motifs is 1. The summed E-state index contributed by atoms with van der Waals surface area (Å²) in [6, 6.07) is 18.6. The van der Waals surface area contributed by atoms with Crippen LogP contribution in [0, 0.1) is 0 Å². The molecule has 7 nitrogen and oxygen atoms in total. The van der Waals surface area contributed by atoms with Crippen molar-refractivity contribution in [1.29, 1.82) is 0 Å². The molecule has 7 heteroatoms. The molecule has 0 aliphatic heterocycles. The quantitative estimate of drug-likeness (QED) is 0.493. The van der Waals surface area contributed by atoms with Gasteiger partial charge in [0.05, 0.1) is 23.8 Å². The lowest BCUT2D eigenvalue weighted by Gasteiger charge is -2.11. The van der Waals surface area contributed by atoms with Gasteiger partial charge in [0, 0.05) is 5.69 Å². The Kier molecular flexibility index (Phi) is 5.61. The molecule has 2 heterocycles. The van der Waals surface area contributed by atoms with Crippen molar-refractivity contribution in [1.82, 2.24) is 14.9 Å². The maximum Gasteiger partial charge on any atom is 0.287 e. The Bertz CT molecular complexity index is 1160. The lowest BCUT2D eigenvalue weighted by Crippen LogP contribution is -2.26. The Morgan fingerprint density at radius 3 is 2.57 bits per heavy atom. The molecule has 0 atom stereocenters. The number of anilines is 1. The molecule has 152 valence electrons. The number of aryl methyl sites for hydroxylation is 1. The summed E-state index contributed by atoms with van der Waals surface area (Å²) in [5, 5.41) is 5.71. The number of imidazole rings is 1. The summed E-state index contributed by atoms with van der Waals surface area (Å²) in [6.07, 6.45) is 2.39. The maximum atomic E-state index is 12.7. The highest BCUT2D eigenvalue weighted by Crippen LogP contribution is 2.17. The molecule has 0 bridgehead atoms. The first-order valence-corrected chi connectivity index (χ1v) is 9.78. The van der Waals surface area contributed by atoms with E-state index in [2.05, 4.69) is 22.5 Å². The molecule has 0 fully saturated rings. The van der Waals surface area contributed by atoms with Crippen LogP contribution in [0.1, 0.15) is 28.9 Å². The average molecular weight is 402 g/mol. The van der Waals surface area contributed by atoms with Crippen LogP contribution in [0.25, 0.3) is 11.0 Å². The van der Waals surface area contributed by atoms with Gasteiger partial charge in [0.15, 0.2) is 5.76 Å². The van der Waals surface area contributed by atoms with E-state index in [4.69, 9.17) is 4.42 Å². The molecule has 2 N–H and O–H groups in total. The second-order valence-electron chi connectivity index (χ2n) is 6.86. The molecule has 30 heavy (non-hydrogen) atoms. The van der Waals surface area contributed by atoms with Crippen molar-refractivity contribution < 1.29 is 14.0 Å². The summed E-state index contributed by atoms with van der Waals surface area (Å²) >= 11 is 0. The standard InChI is InChI=1S/C23H22N4O3/c1-2-16-9-11-17(12-10-16)25-22(28)15-27-19-7-4-3-6-18(19)26-21(27)14-24-23(29)20-8-5-13-30-20/h3-13H,2,14-15H2,1H3,(H,24,29)(H,25,28). The zero-order chi connectivity index (χ0) is 20.9. The number of hydrogen-bond acceptors (Lipinski definition) is 4. The van der Waals surface area contributed by atoms with Gasteiger partial charge in [-0.15, -0.1) is 0 Å². The van der Waals surface area contributed by atoms with Crippen LogP contribution in [0.15, 0.2) is 71.3 Å². The van der Waals surface area contributed by atoms with Gasteiger partial charge < -0.3 is 19.6 Å². The molecule has 0 spiro atoms. The van der Waals surface area contributed by atoms with E-state index in [0.717, 1.165) is 23.1 Å². The zero-order valence-electron chi connectivity index (χ0n) is 16.6. The smallest absolute Gasteiger partial charge is 0.287 e. The fourth-order valence-corrected chi connectivity index (χ4v) is 3.26. The number of nitrogens with one attached hydrogen (secondary N) is 2. The number of nitrogens with zero attached hydrogens (tertiary/aromatic N) is 2. The van der Waals surface area contributed by atoms with Crippen LogP contribution in [0.3, 0.4) is 0 Å². The predicted octanol–water partition coefficient (Wildman–Crippen LogP) is 3.76. The summed E-state index contributed by atoms with van der Waals surface area (Å²) in [5.41, 5.74) is 3.55. The normalized spacial score (nSPS) is 10.8.